The molecule has 0 amide bonds. The minimum atomic E-state index is -3.17. The predicted molar refractivity (Wildman–Crippen MR) is 429 cm³/mol. The molecule has 64 heteroatoms. The van der Waals surface area contributed by atoms with Gasteiger partial charge in [0, 0.05) is 0 Å². The van der Waals surface area contributed by atoms with Crippen LogP contribution in [0.3, 0.4) is 0 Å². The molecule has 0 aromatic rings. The summed E-state index contributed by atoms with van der Waals surface area (Å²) >= 11 is 0. The number of carbonyl (C=O) groups excluding carboxylic acids is 8. The molecule has 0 aliphatic heterocycles. The molecule has 0 atom stereocenters. The van der Waals surface area contributed by atoms with E-state index in [2.05, 4.69) is 75.8 Å². The van der Waals surface area contributed by atoms with Gasteiger partial charge in [0.1, 0.15) is 192 Å². The van der Waals surface area contributed by atoms with E-state index < -0.39 is 174 Å². The molecule has 40 nitrogen and oxygen atoms in total. The molecule has 0 N–H and O–H groups in total. The Bertz CT molecular complexity index is 3310. The molecular formula is C72H112B4F20N8O32. The lowest BCUT2D eigenvalue weighted by molar-refractivity contribution is -0.467. The second kappa shape index (κ2) is 88.3. The van der Waals surface area contributed by atoms with Crippen molar-refractivity contribution in [2.24, 2.45) is 0 Å². The van der Waals surface area contributed by atoms with Crippen molar-refractivity contribution in [3.8, 4) is 0 Å². The fourth-order valence-electron chi connectivity index (χ4n) is 7.96. The molecule has 136 heavy (non-hydrogen) atoms. The van der Waals surface area contributed by atoms with Crippen molar-refractivity contribution in [3.63, 3.8) is 0 Å². The highest BCUT2D eigenvalue weighted by atomic mass is 19.3. The Balaban J connectivity index is -0.000000126. The van der Waals surface area contributed by atoms with Gasteiger partial charge >= 0.3 is 99.2 Å². The standard InChI is InChI=1S/8C9H14F2NO3.4BFO2/c8*1-12(2)7(8(10)11)6(5-14-3)9(13)15-4;4*2-1(3)4/h8*5,8H,1-4H3;;;;/q8*+1;4*-2. The Labute approximate surface area is 772 Å². The molecule has 0 spiro atoms. The highest BCUT2D eigenvalue weighted by molar-refractivity contribution is 6.28. The summed E-state index contributed by atoms with van der Waals surface area (Å²) in [6, 6.07) is 0. The lowest BCUT2D eigenvalue weighted by Crippen LogP contribution is -2.39. The van der Waals surface area contributed by atoms with Gasteiger partial charge in [0.25, 0.3) is 45.7 Å². The Hall–Kier alpha value is -12.0. The van der Waals surface area contributed by atoms with Crippen molar-refractivity contribution in [2.75, 3.05) is 227 Å². The maximum absolute atomic E-state index is 12.6. The monoisotopic (exact) mass is 2020 g/mol. The molecule has 0 radical (unpaired) electrons. The Kier molecular flexibility index (Phi) is 97.1. The fourth-order valence-corrected chi connectivity index (χ4v) is 7.96. The average Bonchev–Trinajstić information content (AvgIpc) is 0.910. The normalized spacial score (nSPS) is 10.7. The molecule has 0 aliphatic carbocycles. The number of alkyl halides is 16. The first-order valence-electron chi connectivity index (χ1n) is 35.5. The molecule has 0 fully saturated rings. The smallest absolute Gasteiger partial charge is 0.347 e. The van der Waals surface area contributed by atoms with Crippen LogP contribution in [-0.2, 0) is 114 Å². The summed E-state index contributed by atoms with van der Waals surface area (Å²) < 4.78 is 322. The van der Waals surface area contributed by atoms with Gasteiger partial charge in [0.05, 0.1) is 114 Å². The van der Waals surface area contributed by atoms with E-state index in [4.69, 9.17) is 40.2 Å². The molecule has 0 heterocycles. The number of esters is 8. The zero-order valence-electron chi connectivity index (χ0n) is 79.7. The van der Waals surface area contributed by atoms with Crippen molar-refractivity contribution in [3.05, 3.63) is 94.7 Å². The molecule has 0 saturated carbocycles. The van der Waals surface area contributed by atoms with Crippen molar-refractivity contribution >= 4 is 123 Å². The van der Waals surface area contributed by atoms with Gasteiger partial charge in [-0.3, -0.25) is 0 Å². The molecule has 0 saturated heterocycles. The average molecular weight is 2020 g/mol. The first kappa shape index (κ1) is 150. The summed E-state index contributed by atoms with van der Waals surface area (Å²) in [5, 5.41) is 66.4. The number of carbonyl (C=O) groups is 8. The van der Waals surface area contributed by atoms with Gasteiger partial charge < -0.3 is 133 Å². The molecular weight excluding hydrogens is 1910 g/mol. The number of methoxy groups -OCH3 is 16. The third-order valence-corrected chi connectivity index (χ3v) is 12.8. The summed E-state index contributed by atoms with van der Waals surface area (Å²) in [5.41, 5.74) is -5.86. The Morgan fingerprint density at radius 1 is 0.184 bits per heavy atom. The summed E-state index contributed by atoms with van der Waals surface area (Å²) in [5.74, 6) is -6.88. The number of hydrogen-bond acceptors (Lipinski definition) is 32. The van der Waals surface area contributed by atoms with Gasteiger partial charge in [-0.25, -0.2) is 75.0 Å². The lowest BCUT2D eigenvalue weighted by Gasteiger charge is -2.09. The van der Waals surface area contributed by atoms with E-state index in [1.807, 2.05) is 0 Å². The molecule has 0 unspecified atom stereocenters. The summed E-state index contributed by atoms with van der Waals surface area (Å²) in [6.07, 6.45) is -14.7. The zero-order chi connectivity index (χ0) is 110. The summed E-state index contributed by atoms with van der Waals surface area (Å²) in [4.78, 5) is 89.6. The largest absolute Gasteiger partial charge is 0.867 e. The molecule has 0 aliphatic rings. The van der Waals surface area contributed by atoms with Crippen LogP contribution in [0.4, 0.5) is 87.5 Å². The van der Waals surface area contributed by atoms with Crippen LogP contribution >= 0.6 is 0 Å². The van der Waals surface area contributed by atoms with Crippen molar-refractivity contribution in [1.29, 1.82) is 0 Å². The number of ether oxygens (including phenoxy) is 16. The van der Waals surface area contributed by atoms with Crippen LogP contribution in [0.15, 0.2) is 94.7 Å². The first-order valence-corrected chi connectivity index (χ1v) is 35.5. The van der Waals surface area contributed by atoms with Gasteiger partial charge in [-0.15, -0.1) is 0 Å². The summed E-state index contributed by atoms with van der Waals surface area (Å²) in [7, 11) is 29.0. The lowest BCUT2D eigenvalue weighted by atomic mass is 10.2. The minimum Gasteiger partial charge on any atom is -0.867 e. The summed E-state index contributed by atoms with van der Waals surface area (Å²) in [6.45, 7) is 0. The molecule has 784 valence electrons. The van der Waals surface area contributed by atoms with E-state index in [9.17, 15) is 126 Å². The Morgan fingerprint density at radius 2 is 0.243 bits per heavy atom. The van der Waals surface area contributed by atoms with Crippen molar-refractivity contribution in [2.45, 2.75) is 51.4 Å². The Morgan fingerprint density at radius 3 is 0.272 bits per heavy atom. The van der Waals surface area contributed by atoms with Crippen LogP contribution in [0.25, 0.3) is 0 Å². The van der Waals surface area contributed by atoms with Gasteiger partial charge in [0.2, 0.25) is 0 Å². The van der Waals surface area contributed by atoms with Crippen LogP contribution in [0.2, 0.25) is 0 Å². The van der Waals surface area contributed by atoms with Crippen LogP contribution < -0.4 is 40.2 Å². The molecule has 0 aromatic heterocycles. The van der Waals surface area contributed by atoms with Crippen molar-refractivity contribution < 1.29 is 278 Å². The maximum Gasteiger partial charge on any atom is 0.347 e. The van der Waals surface area contributed by atoms with E-state index >= 15 is 0 Å². The molecule has 0 rings (SSSR count). The van der Waals surface area contributed by atoms with E-state index in [1.54, 1.807) is 0 Å². The third kappa shape index (κ3) is 73.4. The SMILES string of the molecule is COC=C(C(=O)OC)C(C(F)F)=[N+](C)C.COC=C(C(=O)OC)C(C(F)F)=[N+](C)C.COC=C(C(=O)OC)C(C(F)F)=[N+](C)C.COC=C(C(=O)OC)C(C(F)F)=[N+](C)C.COC=C(C(=O)OC)C(C(F)F)=[N+](C)C.COC=C(C(=O)OC)C(C(F)F)=[N+](C)C.COC=C(C(=O)OC)C(C(F)F)=[N+](C)C.COC=C(C(=O)OC)C(C(F)F)=[N+](C)C.[O-]B([O-])F.[O-]B([O-])F.[O-]B([O-])F.[O-]B([O-])F. The number of rotatable bonds is 32. The van der Waals surface area contributed by atoms with Crippen molar-refractivity contribution in [1.82, 2.24) is 0 Å². The molecule has 0 bridgehead atoms. The van der Waals surface area contributed by atoms with Crippen LogP contribution in [0.1, 0.15) is 0 Å². The first-order chi connectivity index (χ1) is 62.5. The van der Waals surface area contributed by atoms with E-state index in [-0.39, 0.29) is 44.6 Å². The topological polar surface area (TPSA) is 493 Å². The van der Waals surface area contributed by atoms with Gasteiger partial charge in [-0.1, -0.05) is 0 Å². The zero-order valence-corrected chi connectivity index (χ0v) is 79.7. The van der Waals surface area contributed by atoms with Gasteiger partial charge in [-0.05, 0) is 0 Å². The maximum atomic E-state index is 12.6. The van der Waals surface area contributed by atoms with Crippen LogP contribution in [0, 0.1) is 0 Å². The van der Waals surface area contributed by atoms with Gasteiger partial charge in [-0.2, -0.15) is 70.2 Å². The fraction of sp³-hybridized carbons (Fsp3) is 0.556. The van der Waals surface area contributed by atoms with E-state index in [0.717, 1.165) is 144 Å². The number of hydrogen-bond donors (Lipinski definition) is 0. The highest BCUT2D eigenvalue weighted by Gasteiger charge is 2.39. The van der Waals surface area contributed by atoms with E-state index in [0.29, 0.717) is 0 Å². The second-order valence-electron chi connectivity index (χ2n) is 23.8. The van der Waals surface area contributed by atoms with E-state index in [1.165, 1.54) is 170 Å². The third-order valence-electron chi connectivity index (χ3n) is 12.8. The molecule has 0 aromatic carbocycles. The van der Waals surface area contributed by atoms with Crippen LogP contribution in [-0.4, -0.2) is 438 Å². The predicted octanol–water partition coefficient (Wildman–Crippen LogP) is -4.01. The highest BCUT2D eigenvalue weighted by Crippen LogP contribution is 2.17. The van der Waals surface area contributed by atoms with Crippen LogP contribution in [0.5, 0.6) is 0 Å². The second-order valence-corrected chi connectivity index (χ2v) is 23.8. The minimum absolute atomic E-state index is 0.292. The van der Waals surface area contributed by atoms with Gasteiger partial charge in [0.15, 0.2) is 44.6 Å². The quantitative estimate of drug-likeness (QED) is 0.00905. The number of halogens is 20. The number of nitrogens with zero attached hydrogens (tertiary/aromatic N) is 8.